The van der Waals surface area contributed by atoms with E-state index in [0.717, 1.165) is 17.1 Å². The van der Waals surface area contributed by atoms with Crippen LogP contribution >= 0.6 is 0 Å². The van der Waals surface area contributed by atoms with Crippen LogP contribution in [-0.4, -0.2) is 19.7 Å². The van der Waals surface area contributed by atoms with Gasteiger partial charge in [0, 0.05) is 6.20 Å². The van der Waals surface area contributed by atoms with Gasteiger partial charge in [0.1, 0.15) is 25.0 Å². The predicted molar refractivity (Wildman–Crippen MR) is 69.9 cm³/mol. The number of benzene rings is 1. The molecular formula is C14H12N4O. The van der Waals surface area contributed by atoms with Gasteiger partial charge in [-0.05, 0) is 36.4 Å². The van der Waals surface area contributed by atoms with Gasteiger partial charge in [-0.25, -0.2) is 9.67 Å². The molecule has 0 fully saturated rings. The molecule has 5 heteroatoms. The minimum absolute atomic E-state index is 0.462. The molecule has 0 bridgehead atoms. The average molecular weight is 252 g/mol. The lowest BCUT2D eigenvalue weighted by atomic mass is 10.3. The van der Waals surface area contributed by atoms with Crippen LogP contribution in [0.2, 0.25) is 0 Å². The van der Waals surface area contributed by atoms with Crippen LogP contribution in [0.15, 0.2) is 61.3 Å². The van der Waals surface area contributed by atoms with Gasteiger partial charge in [0.2, 0.25) is 0 Å². The van der Waals surface area contributed by atoms with Gasteiger partial charge in [0.15, 0.2) is 0 Å². The van der Waals surface area contributed by atoms with E-state index in [4.69, 9.17) is 4.74 Å². The van der Waals surface area contributed by atoms with E-state index in [1.807, 2.05) is 42.5 Å². The molecule has 0 unspecified atom stereocenters. The topological polar surface area (TPSA) is 52.8 Å². The number of hydrogen-bond acceptors (Lipinski definition) is 4. The van der Waals surface area contributed by atoms with Gasteiger partial charge in [-0.2, -0.15) is 5.10 Å². The van der Waals surface area contributed by atoms with Crippen LogP contribution in [0.25, 0.3) is 5.69 Å². The smallest absolute Gasteiger partial charge is 0.138 e. The van der Waals surface area contributed by atoms with E-state index in [9.17, 15) is 0 Å². The summed E-state index contributed by atoms with van der Waals surface area (Å²) in [6, 6.07) is 13.4. The highest BCUT2D eigenvalue weighted by Gasteiger charge is 1.99. The van der Waals surface area contributed by atoms with Crippen molar-refractivity contribution in [2.45, 2.75) is 6.61 Å². The molecule has 94 valence electrons. The number of rotatable bonds is 4. The number of nitrogens with zero attached hydrogens (tertiary/aromatic N) is 4. The minimum atomic E-state index is 0.462. The molecule has 0 atom stereocenters. The summed E-state index contributed by atoms with van der Waals surface area (Å²) < 4.78 is 7.35. The molecule has 0 spiro atoms. The molecule has 0 N–H and O–H groups in total. The van der Waals surface area contributed by atoms with E-state index < -0.39 is 0 Å². The largest absolute Gasteiger partial charge is 0.487 e. The van der Waals surface area contributed by atoms with Crippen molar-refractivity contribution in [2.75, 3.05) is 0 Å². The second kappa shape index (κ2) is 5.30. The third-order valence-electron chi connectivity index (χ3n) is 2.63. The molecule has 0 aliphatic rings. The summed E-state index contributed by atoms with van der Waals surface area (Å²) in [7, 11) is 0. The van der Waals surface area contributed by atoms with Crippen LogP contribution in [0, 0.1) is 0 Å². The summed E-state index contributed by atoms with van der Waals surface area (Å²) >= 11 is 0. The highest BCUT2D eigenvalue weighted by atomic mass is 16.5. The van der Waals surface area contributed by atoms with Gasteiger partial charge < -0.3 is 4.74 Å². The normalized spacial score (nSPS) is 10.3. The second-order valence-corrected chi connectivity index (χ2v) is 3.94. The van der Waals surface area contributed by atoms with Gasteiger partial charge in [-0.1, -0.05) is 6.07 Å². The van der Waals surface area contributed by atoms with E-state index in [-0.39, 0.29) is 0 Å². The van der Waals surface area contributed by atoms with Crippen molar-refractivity contribution in [1.82, 2.24) is 19.7 Å². The molecule has 0 radical (unpaired) electrons. The van der Waals surface area contributed by atoms with Gasteiger partial charge in [-0.3, -0.25) is 4.98 Å². The highest BCUT2D eigenvalue weighted by Crippen LogP contribution is 2.15. The van der Waals surface area contributed by atoms with E-state index in [1.54, 1.807) is 17.2 Å². The fraction of sp³-hybridized carbons (Fsp3) is 0.0714. The van der Waals surface area contributed by atoms with Gasteiger partial charge in [-0.15, -0.1) is 0 Å². The predicted octanol–water partition coefficient (Wildman–Crippen LogP) is 2.24. The van der Waals surface area contributed by atoms with Crippen LogP contribution in [0.3, 0.4) is 0 Å². The quantitative estimate of drug-likeness (QED) is 0.714. The first kappa shape index (κ1) is 11.4. The molecule has 1 aromatic carbocycles. The maximum Gasteiger partial charge on any atom is 0.138 e. The lowest BCUT2D eigenvalue weighted by Crippen LogP contribution is -1.98. The van der Waals surface area contributed by atoms with Crippen LogP contribution in [0.4, 0.5) is 0 Å². The first-order valence-electron chi connectivity index (χ1n) is 5.89. The molecule has 0 saturated heterocycles. The monoisotopic (exact) mass is 252 g/mol. The molecule has 5 nitrogen and oxygen atoms in total. The van der Waals surface area contributed by atoms with Crippen molar-refractivity contribution >= 4 is 0 Å². The zero-order chi connectivity index (χ0) is 12.9. The number of aromatic nitrogens is 4. The summed E-state index contributed by atoms with van der Waals surface area (Å²) in [5, 5.41) is 4.06. The summed E-state index contributed by atoms with van der Waals surface area (Å²) in [5.41, 5.74) is 1.85. The van der Waals surface area contributed by atoms with Crippen LogP contribution in [0.1, 0.15) is 5.69 Å². The lowest BCUT2D eigenvalue weighted by Gasteiger charge is -2.06. The fourth-order valence-electron chi connectivity index (χ4n) is 1.68. The third kappa shape index (κ3) is 2.77. The maximum absolute atomic E-state index is 5.66. The van der Waals surface area contributed by atoms with E-state index >= 15 is 0 Å². The van der Waals surface area contributed by atoms with Crippen molar-refractivity contribution in [3.63, 3.8) is 0 Å². The van der Waals surface area contributed by atoms with E-state index in [2.05, 4.69) is 15.1 Å². The minimum Gasteiger partial charge on any atom is -0.487 e. The zero-order valence-electron chi connectivity index (χ0n) is 10.2. The first-order chi connectivity index (χ1) is 9.42. The molecule has 0 aliphatic heterocycles. The fourth-order valence-corrected chi connectivity index (χ4v) is 1.68. The standard InChI is InChI=1S/C14H12N4O/c1-2-8-16-12(3-1)9-19-14-6-4-13(5-7-14)18-11-15-10-17-18/h1-8,10-11H,9H2. The Bertz CT molecular complexity index is 620. The van der Waals surface area contributed by atoms with Gasteiger partial charge in [0.05, 0.1) is 11.4 Å². The van der Waals surface area contributed by atoms with Crippen molar-refractivity contribution in [1.29, 1.82) is 0 Å². The Labute approximate surface area is 110 Å². The van der Waals surface area contributed by atoms with Crippen molar-refractivity contribution < 1.29 is 4.74 Å². The summed E-state index contributed by atoms with van der Waals surface area (Å²) in [5.74, 6) is 0.800. The Morgan fingerprint density at radius 3 is 2.63 bits per heavy atom. The Hall–Kier alpha value is -2.69. The summed E-state index contributed by atoms with van der Waals surface area (Å²) in [6.07, 6.45) is 4.92. The number of hydrogen-bond donors (Lipinski definition) is 0. The number of pyridine rings is 1. The highest BCUT2D eigenvalue weighted by molar-refractivity contribution is 5.36. The molecule has 2 heterocycles. The molecular weight excluding hydrogens is 240 g/mol. The first-order valence-corrected chi connectivity index (χ1v) is 5.89. The van der Waals surface area contributed by atoms with Crippen molar-refractivity contribution in [2.24, 2.45) is 0 Å². The maximum atomic E-state index is 5.66. The van der Waals surface area contributed by atoms with Crippen LogP contribution < -0.4 is 4.74 Å². The molecule has 0 saturated carbocycles. The molecule has 19 heavy (non-hydrogen) atoms. The second-order valence-electron chi connectivity index (χ2n) is 3.94. The molecule has 3 rings (SSSR count). The van der Waals surface area contributed by atoms with E-state index in [1.165, 1.54) is 6.33 Å². The Balaban J connectivity index is 1.67. The SMILES string of the molecule is c1ccc(COc2ccc(-n3cncn3)cc2)nc1. The van der Waals surface area contributed by atoms with E-state index in [0.29, 0.717) is 6.61 Å². The Morgan fingerprint density at radius 2 is 1.95 bits per heavy atom. The van der Waals surface area contributed by atoms with Crippen LogP contribution in [0.5, 0.6) is 5.75 Å². The van der Waals surface area contributed by atoms with Crippen LogP contribution in [-0.2, 0) is 6.61 Å². The Morgan fingerprint density at radius 1 is 1.05 bits per heavy atom. The molecule has 2 aromatic heterocycles. The zero-order valence-corrected chi connectivity index (χ0v) is 10.2. The van der Waals surface area contributed by atoms with Gasteiger partial charge >= 0.3 is 0 Å². The van der Waals surface area contributed by atoms with Crippen molar-refractivity contribution in [3.05, 3.63) is 67.0 Å². The lowest BCUT2D eigenvalue weighted by molar-refractivity contribution is 0.301. The summed E-state index contributed by atoms with van der Waals surface area (Å²) in [6.45, 7) is 0.462. The molecule has 0 amide bonds. The summed E-state index contributed by atoms with van der Waals surface area (Å²) in [4.78, 5) is 8.11. The van der Waals surface area contributed by atoms with Gasteiger partial charge in [0.25, 0.3) is 0 Å². The third-order valence-corrected chi connectivity index (χ3v) is 2.63. The molecule has 0 aliphatic carbocycles. The number of ether oxygens (including phenoxy) is 1. The molecule has 3 aromatic rings. The average Bonchev–Trinajstić information content (AvgIpc) is 3.01. The Kier molecular flexibility index (Phi) is 3.18. The van der Waals surface area contributed by atoms with Crippen molar-refractivity contribution in [3.8, 4) is 11.4 Å².